The molecule has 2 aliphatic rings. The minimum atomic E-state index is -0.421. The molecule has 3 heterocycles. The molecule has 0 radical (unpaired) electrons. The number of piperidine rings is 1. The number of amides is 1. The summed E-state index contributed by atoms with van der Waals surface area (Å²) in [6, 6.07) is 14.0. The molecule has 6 heteroatoms. The van der Waals surface area contributed by atoms with Crippen molar-refractivity contribution < 1.29 is 4.79 Å². The molecule has 1 amide bonds. The number of nitrogens with zero attached hydrogens (tertiary/aromatic N) is 3. The van der Waals surface area contributed by atoms with Gasteiger partial charge in [-0.2, -0.15) is 0 Å². The average Bonchev–Trinajstić information content (AvgIpc) is 2.96. The van der Waals surface area contributed by atoms with Crippen LogP contribution in [0.3, 0.4) is 0 Å². The van der Waals surface area contributed by atoms with Crippen LogP contribution in [0.5, 0.6) is 0 Å². The molecule has 2 aromatic rings. The lowest BCUT2D eigenvalue weighted by Gasteiger charge is -2.43. The lowest BCUT2D eigenvalue weighted by molar-refractivity contribution is -0.125. The second kappa shape index (κ2) is 6.65. The fourth-order valence-corrected chi connectivity index (χ4v) is 3.98. The molecule has 2 aliphatic heterocycles. The van der Waals surface area contributed by atoms with Crippen LogP contribution in [0.15, 0.2) is 48.7 Å². The fraction of sp³-hybridized carbons (Fsp3) is 0.368. The standard InChI is InChI=1S/C19H21ClN4O/c20-17-7-6-15(12-21-17)13-23-10-8-19(9-11-23)18(25)22-14-24(19)16-4-2-1-3-5-16/h1-7,12H,8-11,13-14H2,(H,22,25). The van der Waals surface area contributed by atoms with Gasteiger partial charge in [0.2, 0.25) is 5.91 Å². The van der Waals surface area contributed by atoms with Gasteiger partial charge in [-0.05, 0) is 36.6 Å². The number of anilines is 1. The monoisotopic (exact) mass is 356 g/mol. The number of hydrogen-bond acceptors (Lipinski definition) is 4. The topological polar surface area (TPSA) is 48.5 Å². The van der Waals surface area contributed by atoms with Crippen LogP contribution in [0.2, 0.25) is 5.15 Å². The van der Waals surface area contributed by atoms with E-state index in [9.17, 15) is 4.79 Å². The summed E-state index contributed by atoms with van der Waals surface area (Å²) in [6.45, 7) is 3.20. The van der Waals surface area contributed by atoms with Crippen LogP contribution in [0, 0.1) is 0 Å². The summed E-state index contributed by atoms with van der Waals surface area (Å²) in [5, 5.41) is 3.56. The summed E-state index contributed by atoms with van der Waals surface area (Å²) >= 11 is 5.85. The van der Waals surface area contributed by atoms with E-state index in [0.29, 0.717) is 11.8 Å². The van der Waals surface area contributed by atoms with Crippen molar-refractivity contribution in [1.82, 2.24) is 15.2 Å². The first-order valence-electron chi connectivity index (χ1n) is 8.61. The number of aromatic nitrogens is 1. The summed E-state index contributed by atoms with van der Waals surface area (Å²) < 4.78 is 0. The summed E-state index contributed by atoms with van der Waals surface area (Å²) in [6.07, 6.45) is 3.48. The van der Waals surface area contributed by atoms with E-state index in [4.69, 9.17) is 11.6 Å². The number of rotatable bonds is 3. The van der Waals surface area contributed by atoms with E-state index < -0.39 is 5.54 Å². The predicted octanol–water partition coefficient (Wildman–Crippen LogP) is 2.66. The van der Waals surface area contributed by atoms with E-state index in [1.165, 1.54) is 0 Å². The number of benzene rings is 1. The smallest absolute Gasteiger partial charge is 0.247 e. The SMILES string of the molecule is O=C1NCN(c2ccccc2)C12CCN(Cc1ccc(Cl)nc1)CC2. The van der Waals surface area contributed by atoms with E-state index in [2.05, 4.69) is 32.2 Å². The van der Waals surface area contributed by atoms with Gasteiger partial charge in [0.15, 0.2) is 0 Å². The molecule has 1 N–H and O–H groups in total. The predicted molar refractivity (Wildman–Crippen MR) is 98.4 cm³/mol. The number of hydrogen-bond donors (Lipinski definition) is 1. The third-order valence-electron chi connectivity index (χ3n) is 5.28. The van der Waals surface area contributed by atoms with Gasteiger partial charge in [-0.15, -0.1) is 0 Å². The average molecular weight is 357 g/mol. The van der Waals surface area contributed by atoms with Gasteiger partial charge in [0, 0.05) is 31.5 Å². The number of carbonyl (C=O) groups excluding carboxylic acids is 1. The van der Waals surface area contributed by atoms with Gasteiger partial charge in [0.05, 0.1) is 6.67 Å². The molecule has 25 heavy (non-hydrogen) atoms. The number of likely N-dealkylation sites (tertiary alicyclic amines) is 1. The highest BCUT2D eigenvalue weighted by molar-refractivity contribution is 6.29. The van der Waals surface area contributed by atoms with E-state index in [-0.39, 0.29) is 5.91 Å². The Labute approximate surface area is 152 Å². The van der Waals surface area contributed by atoms with Gasteiger partial charge >= 0.3 is 0 Å². The summed E-state index contributed by atoms with van der Waals surface area (Å²) in [4.78, 5) is 21.4. The lowest BCUT2D eigenvalue weighted by atomic mass is 9.85. The molecule has 2 saturated heterocycles. The van der Waals surface area contributed by atoms with Gasteiger partial charge in [0.1, 0.15) is 10.7 Å². The molecule has 130 valence electrons. The quantitative estimate of drug-likeness (QED) is 0.859. The molecule has 4 rings (SSSR count). The molecular weight excluding hydrogens is 336 g/mol. The van der Waals surface area contributed by atoms with Crippen molar-refractivity contribution in [3.63, 3.8) is 0 Å². The van der Waals surface area contributed by atoms with E-state index in [1.54, 1.807) is 0 Å². The van der Waals surface area contributed by atoms with E-state index >= 15 is 0 Å². The number of nitrogens with one attached hydrogen (secondary N) is 1. The van der Waals surface area contributed by atoms with Crippen LogP contribution >= 0.6 is 11.6 Å². The van der Waals surface area contributed by atoms with Crippen LogP contribution in [0.25, 0.3) is 0 Å². The number of pyridine rings is 1. The number of halogens is 1. The fourth-order valence-electron chi connectivity index (χ4n) is 3.87. The Morgan fingerprint density at radius 3 is 2.56 bits per heavy atom. The van der Waals surface area contributed by atoms with Gasteiger partial charge < -0.3 is 10.2 Å². The first-order valence-corrected chi connectivity index (χ1v) is 8.99. The van der Waals surface area contributed by atoms with Crippen molar-refractivity contribution in [3.05, 3.63) is 59.4 Å². The Morgan fingerprint density at radius 2 is 1.88 bits per heavy atom. The third-order valence-corrected chi connectivity index (χ3v) is 5.51. The molecule has 1 aromatic heterocycles. The first-order chi connectivity index (χ1) is 12.2. The van der Waals surface area contributed by atoms with Crippen LogP contribution < -0.4 is 10.2 Å². The van der Waals surface area contributed by atoms with Crippen LogP contribution in [-0.4, -0.2) is 41.1 Å². The van der Waals surface area contributed by atoms with E-state index in [1.807, 2.05) is 36.5 Å². The summed E-state index contributed by atoms with van der Waals surface area (Å²) in [5.41, 5.74) is 1.84. The highest BCUT2D eigenvalue weighted by atomic mass is 35.5. The zero-order chi connectivity index (χ0) is 17.3. The van der Waals surface area contributed by atoms with Crippen molar-refractivity contribution in [2.75, 3.05) is 24.7 Å². The molecule has 0 aliphatic carbocycles. The summed E-state index contributed by atoms with van der Waals surface area (Å²) in [7, 11) is 0. The summed E-state index contributed by atoms with van der Waals surface area (Å²) in [5.74, 6) is 0.157. The molecular formula is C19H21ClN4O. The number of carbonyl (C=O) groups is 1. The Hall–Kier alpha value is -2.11. The Morgan fingerprint density at radius 1 is 1.12 bits per heavy atom. The second-order valence-corrected chi connectivity index (χ2v) is 7.11. The van der Waals surface area contributed by atoms with Crippen LogP contribution in [0.4, 0.5) is 5.69 Å². The van der Waals surface area contributed by atoms with Gasteiger partial charge in [-0.3, -0.25) is 9.69 Å². The van der Waals surface area contributed by atoms with Crippen molar-refractivity contribution in [2.24, 2.45) is 0 Å². The first kappa shape index (κ1) is 16.4. The van der Waals surface area contributed by atoms with E-state index in [0.717, 1.165) is 43.7 Å². The maximum absolute atomic E-state index is 12.6. The lowest BCUT2D eigenvalue weighted by Crippen LogP contribution is -2.56. The van der Waals surface area contributed by atoms with Crippen LogP contribution in [-0.2, 0) is 11.3 Å². The Kier molecular flexibility index (Phi) is 4.36. The van der Waals surface area contributed by atoms with Crippen molar-refractivity contribution in [1.29, 1.82) is 0 Å². The molecule has 0 saturated carbocycles. The minimum Gasteiger partial charge on any atom is -0.339 e. The highest BCUT2D eigenvalue weighted by Gasteiger charge is 2.50. The Bertz CT molecular complexity index is 742. The van der Waals surface area contributed by atoms with Crippen molar-refractivity contribution in [3.8, 4) is 0 Å². The second-order valence-electron chi connectivity index (χ2n) is 6.72. The third kappa shape index (κ3) is 3.10. The van der Waals surface area contributed by atoms with Crippen LogP contribution in [0.1, 0.15) is 18.4 Å². The minimum absolute atomic E-state index is 0.157. The highest BCUT2D eigenvalue weighted by Crippen LogP contribution is 2.36. The van der Waals surface area contributed by atoms with Gasteiger partial charge in [0.25, 0.3) is 0 Å². The molecule has 0 unspecified atom stereocenters. The molecule has 1 spiro atoms. The zero-order valence-electron chi connectivity index (χ0n) is 14.0. The largest absolute Gasteiger partial charge is 0.339 e. The van der Waals surface area contributed by atoms with Gasteiger partial charge in [-0.1, -0.05) is 35.9 Å². The molecule has 2 fully saturated rings. The maximum atomic E-state index is 12.6. The number of para-hydroxylation sites is 1. The van der Waals surface area contributed by atoms with Crippen molar-refractivity contribution in [2.45, 2.75) is 24.9 Å². The molecule has 0 bridgehead atoms. The maximum Gasteiger partial charge on any atom is 0.247 e. The Balaban J connectivity index is 1.47. The molecule has 1 aromatic carbocycles. The van der Waals surface area contributed by atoms with Crippen molar-refractivity contribution >= 4 is 23.2 Å². The van der Waals surface area contributed by atoms with Gasteiger partial charge in [-0.25, -0.2) is 4.98 Å². The zero-order valence-corrected chi connectivity index (χ0v) is 14.7. The molecule has 5 nitrogen and oxygen atoms in total. The molecule has 0 atom stereocenters. The normalized spacial score (nSPS) is 20.0.